The van der Waals surface area contributed by atoms with E-state index >= 15 is 0 Å². The molecule has 0 saturated carbocycles. The molecule has 0 fully saturated rings. The van der Waals surface area contributed by atoms with E-state index in [1.807, 2.05) is 32.0 Å². The molecule has 0 bridgehead atoms. The van der Waals surface area contributed by atoms with E-state index in [9.17, 15) is 10.4 Å². The second kappa shape index (κ2) is 4.40. The number of aliphatic hydroxyl groups is 1. The Bertz CT molecular complexity index is 486. The average molecular weight is 243 g/mol. The predicted molar refractivity (Wildman–Crippen MR) is 72.1 cm³/mol. The van der Waals surface area contributed by atoms with Crippen molar-refractivity contribution in [2.75, 3.05) is 0 Å². The molecule has 0 radical (unpaired) electrons. The first kappa shape index (κ1) is 13.1. The van der Waals surface area contributed by atoms with Crippen LogP contribution in [0.15, 0.2) is 24.3 Å². The van der Waals surface area contributed by atoms with E-state index in [1.54, 1.807) is 0 Å². The number of aryl methyl sites for hydroxylation is 1. The Hall–Kier alpha value is -1.33. The van der Waals surface area contributed by atoms with Crippen molar-refractivity contribution in [2.45, 2.75) is 51.0 Å². The number of nitriles is 1. The fourth-order valence-electron chi connectivity index (χ4n) is 3.18. The molecule has 1 aromatic rings. The smallest absolute Gasteiger partial charge is 0.111 e. The maximum atomic E-state index is 11.0. The van der Waals surface area contributed by atoms with Crippen molar-refractivity contribution in [1.29, 1.82) is 5.26 Å². The van der Waals surface area contributed by atoms with Gasteiger partial charge in [0.15, 0.2) is 0 Å². The molecule has 1 aromatic carbocycles. The van der Waals surface area contributed by atoms with E-state index in [1.165, 1.54) is 5.56 Å². The molecule has 18 heavy (non-hydrogen) atoms. The maximum Gasteiger partial charge on any atom is 0.111 e. The second-order valence-corrected chi connectivity index (χ2v) is 5.63. The van der Waals surface area contributed by atoms with Gasteiger partial charge in [0.1, 0.15) is 5.41 Å². The van der Waals surface area contributed by atoms with Crippen molar-refractivity contribution in [3.63, 3.8) is 0 Å². The molecule has 0 heterocycles. The third kappa shape index (κ3) is 1.58. The molecule has 3 atom stereocenters. The molecule has 0 saturated heterocycles. The SMILES string of the molecule is CCC(C)C(C)(O)C1(C#N)CCc2ccccc21. The molecular weight excluding hydrogens is 222 g/mol. The number of rotatable bonds is 3. The van der Waals surface area contributed by atoms with Gasteiger partial charge >= 0.3 is 0 Å². The zero-order valence-corrected chi connectivity index (χ0v) is 11.4. The highest BCUT2D eigenvalue weighted by Gasteiger charge is 2.54. The van der Waals surface area contributed by atoms with Crippen LogP contribution in [0.1, 0.15) is 44.7 Å². The first-order chi connectivity index (χ1) is 8.49. The Kier molecular flexibility index (Phi) is 3.21. The lowest BCUT2D eigenvalue weighted by molar-refractivity contribution is -0.0475. The average Bonchev–Trinajstić information content (AvgIpc) is 2.78. The Balaban J connectivity index is 2.56. The molecule has 0 aromatic heterocycles. The summed E-state index contributed by atoms with van der Waals surface area (Å²) in [4.78, 5) is 0. The molecule has 0 aliphatic heterocycles. The van der Waals surface area contributed by atoms with Gasteiger partial charge in [0, 0.05) is 0 Å². The third-order valence-electron chi connectivity index (χ3n) is 4.87. The number of hydrogen-bond acceptors (Lipinski definition) is 2. The molecule has 1 N–H and O–H groups in total. The minimum absolute atomic E-state index is 0.100. The van der Waals surface area contributed by atoms with Gasteiger partial charge in [0.25, 0.3) is 0 Å². The fourth-order valence-corrected chi connectivity index (χ4v) is 3.18. The van der Waals surface area contributed by atoms with Crippen LogP contribution in [0.25, 0.3) is 0 Å². The van der Waals surface area contributed by atoms with Gasteiger partial charge < -0.3 is 5.11 Å². The van der Waals surface area contributed by atoms with Crippen LogP contribution in [-0.4, -0.2) is 10.7 Å². The Labute approximate surface area is 109 Å². The lowest BCUT2D eigenvalue weighted by Crippen LogP contribution is -2.51. The zero-order valence-electron chi connectivity index (χ0n) is 11.4. The zero-order chi connectivity index (χ0) is 13.4. The summed E-state index contributed by atoms with van der Waals surface area (Å²) in [5.74, 6) is 0.100. The van der Waals surface area contributed by atoms with Crippen molar-refractivity contribution < 1.29 is 5.11 Å². The van der Waals surface area contributed by atoms with E-state index in [4.69, 9.17) is 0 Å². The molecule has 96 valence electrons. The van der Waals surface area contributed by atoms with Crippen LogP contribution in [0.2, 0.25) is 0 Å². The van der Waals surface area contributed by atoms with E-state index in [0.29, 0.717) is 0 Å². The fraction of sp³-hybridized carbons (Fsp3) is 0.562. The Morgan fingerprint density at radius 2 is 2.17 bits per heavy atom. The van der Waals surface area contributed by atoms with Crippen LogP contribution >= 0.6 is 0 Å². The molecule has 2 heteroatoms. The molecular formula is C16H21NO. The number of nitrogens with zero attached hydrogens (tertiary/aromatic N) is 1. The van der Waals surface area contributed by atoms with Gasteiger partial charge in [-0.05, 0) is 36.8 Å². The summed E-state index contributed by atoms with van der Waals surface area (Å²) >= 11 is 0. The van der Waals surface area contributed by atoms with Gasteiger partial charge in [-0.2, -0.15) is 5.26 Å². The van der Waals surface area contributed by atoms with Gasteiger partial charge in [-0.3, -0.25) is 0 Å². The number of benzene rings is 1. The summed E-state index contributed by atoms with van der Waals surface area (Å²) in [7, 11) is 0. The summed E-state index contributed by atoms with van der Waals surface area (Å²) < 4.78 is 0. The monoisotopic (exact) mass is 243 g/mol. The van der Waals surface area contributed by atoms with Gasteiger partial charge in [0.05, 0.1) is 11.7 Å². The first-order valence-electron chi connectivity index (χ1n) is 6.71. The molecule has 0 amide bonds. The Morgan fingerprint density at radius 3 is 2.78 bits per heavy atom. The minimum atomic E-state index is -0.983. The largest absolute Gasteiger partial charge is 0.388 e. The van der Waals surface area contributed by atoms with Crippen LogP contribution < -0.4 is 0 Å². The lowest BCUT2D eigenvalue weighted by Gasteiger charge is -2.42. The third-order valence-corrected chi connectivity index (χ3v) is 4.87. The molecule has 2 rings (SSSR count). The van der Waals surface area contributed by atoms with Crippen molar-refractivity contribution in [2.24, 2.45) is 5.92 Å². The predicted octanol–water partition coefficient (Wildman–Crippen LogP) is 3.19. The van der Waals surface area contributed by atoms with E-state index in [2.05, 4.69) is 19.1 Å². The molecule has 0 spiro atoms. The van der Waals surface area contributed by atoms with Crippen molar-refractivity contribution in [3.8, 4) is 6.07 Å². The van der Waals surface area contributed by atoms with Crippen LogP contribution in [0.5, 0.6) is 0 Å². The summed E-state index contributed by atoms with van der Waals surface area (Å²) in [6.45, 7) is 5.91. The van der Waals surface area contributed by atoms with Crippen molar-refractivity contribution >= 4 is 0 Å². The van der Waals surface area contributed by atoms with E-state index < -0.39 is 11.0 Å². The highest BCUT2D eigenvalue weighted by Crippen LogP contribution is 2.49. The summed E-state index contributed by atoms with van der Waals surface area (Å²) in [6.07, 6.45) is 2.48. The van der Waals surface area contributed by atoms with Gasteiger partial charge in [-0.25, -0.2) is 0 Å². The molecule has 2 nitrogen and oxygen atoms in total. The highest BCUT2D eigenvalue weighted by atomic mass is 16.3. The normalized spacial score (nSPS) is 27.1. The van der Waals surface area contributed by atoms with Gasteiger partial charge in [-0.15, -0.1) is 0 Å². The number of fused-ring (bicyclic) bond motifs is 1. The number of hydrogen-bond donors (Lipinski definition) is 1. The summed E-state index contributed by atoms with van der Waals surface area (Å²) in [5, 5.41) is 20.7. The topological polar surface area (TPSA) is 44.0 Å². The van der Waals surface area contributed by atoms with Gasteiger partial charge in [-0.1, -0.05) is 44.5 Å². The van der Waals surface area contributed by atoms with Gasteiger partial charge in [0.2, 0.25) is 0 Å². The second-order valence-electron chi connectivity index (χ2n) is 5.63. The van der Waals surface area contributed by atoms with Crippen LogP contribution in [-0.2, 0) is 11.8 Å². The summed E-state index contributed by atoms with van der Waals surface area (Å²) in [6, 6.07) is 10.5. The van der Waals surface area contributed by atoms with Crippen molar-refractivity contribution in [1.82, 2.24) is 0 Å². The quantitative estimate of drug-likeness (QED) is 0.886. The summed E-state index contributed by atoms with van der Waals surface area (Å²) in [5.41, 5.74) is 0.503. The molecule has 1 aliphatic rings. The standard InChI is InChI=1S/C16H21NO/c1-4-12(2)15(3,18)16(11-17)10-9-13-7-5-6-8-14(13)16/h5-8,12,18H,4,9-10H2,1-3H3. The molecule has 3 unspecified atom stereocenters. The van der Waals surface area contributed by atoms with Crippen molar-refractivity contribution in [3.05, 3.63) is 35.4 Å². The Morgan fingerprint density at radius 1 is 1.50 bits per heavy atom. The van der Waals surface area contributed by atoms with Crippen LogP contribution in [0, 0.1) is 17.2 Å². The van der Waals surface area contributed by atoms with E-state index in [-0.39, 0.29) is 5.92 Å². The lowest BCUT2D eigenvalue weighted by atomic mass is 9.64. The van der Waals surface area contributed by atoms with Crippen LogP contribution in [0.4, 0.5) is 0 Å². The maximum absolute atomic E-state index is 11.0. The minimum Gasteiger partial charge on any atom is -0.388 e. The highest BCUT2D eigenvalue weighted by molar-refractivity contribution is 5.47. The van der Waals surface area contributed by atoms with Crippen LogP contribution in [0.3, 0.4) is 0 Å². The van der Waals surface area contributed by atoms with E-state index in [0.717, 1.165) is 24.8 Å². The first-order valence-corrected chi connectivity index (χ1v) is 6.71. The molecule has 1 aliphatic carbocycles.